The number of carbonyl (C=O) groups is 2. The minimum Gasteiger partial charge on any atom is -0.478 e. The number of piperidine rings is 1. The number of para-hydroxylation sites is 1. The molecule has 1 fully saturated rings. The molecule has 0 bridgehead atoms. The van der Waals surface area contributed by atoms with Gasteiger partial charge in [0.25, 0.3) is 5.91 Å². The maximum absolute atomic E-state index is 12.9. The van der Waals surface area contributed by atoms with Gasteiger partial charge in [0.05, 0.1) is 5.56 Å². The normalized spacial score (nSPS) is 15.1. The van der Waals surface area contributed by atoms with E-state index in [2.05, 4.69) is 70.3 Å². The van der Waals surface area contributed by atoms with Gasteiger partial charge in [-0.1, -0.05) is 18.2 Å². The summed E-state index contributed by atoms with van der Waals surface area (Å²) in [4.78, 5) is 33.6. The number of nitrogens with zero attached hydrogens (tertiary/aromatic N) is 3. The number of benzene rings is 2. The van der Waals surface area contributed by atoms with Gasteiger partial charge in [0.1, 0.15) is 0 Å². The third-order valence-corrected chi connectivity index (χ3v) is 7.99. The van der Waals surface area contributed by atoms with Gasteiger partial charge in [0.2, 0.25) is 0 Å². The summed E-state index contributed by atoms with van der Waals surface area (Å²) in [6, 6.07) is 16.7. The molecule has 1 aliphatic heterocycles. The van der Waals surface area contributed by atoms with Gasteiger partial charge in [-0.2, -0.15) is 0 Å². The largest absolute Gasteiger partial charge is 0.478 e. The lowest BCUT2D eigenvalue weighted by Crippen LogP contribution is -2.48. The van der Waals surface area contributed by atoms with Crippen LogP contribution in [-0.4, -0.2) is 58.6 Å². The number of hydrogen-bond acceptors (Lipinski definition) is 5. The Morgan fingerprint density at radius 3 is 2.33 bits per heavy atom. The molecule has 2 N–H and O–H groups in total. The van der Waals surface area contributed by atoms with Gasteiger partial charge < -0.3 is 20.2 Å². The van der Waals surface area contributed by atoms with E-state index in [1.165, 1.54) is 16.8 Å². The summed E-state index contributed by atoms with van der Waals surface area (Å²) < 4.78 is 0. The molecule has 1 unspecified atom stereocenters. The van der Waals surface area contributed by atoms with E-state index in [1.54, 1.807) is 26.0 Å². The van der Waals surface area contributed by atoms with Crippen LogP contribution in [0.1, 0.15) is 69.2 Å². The van der Waals surface area contributed by atoms with E-state index in [0.717, 1.165) is 38.9 Å². The molecule has 0 spiro atoms. The Morgan fingerprint density at radius 2 is 1.72 bits per heavy atom. The van der Waals surface area contributed by atoms with Crippen molar-refractivity contribution in [3.63, 3.8) is 0 Å². The number of pyridine rings is 1. The summed E-state index contributed by atoms with van der Waals surface area (Å²) in [6.07, 6.45) is 6.86. The van der Waals surface area contributed by atoms with Gasteiger partial charge in [-0.15, -0.1) is 0 Å². The van der Waals surface area contributed by atoms with Gasteiger partial charge in [0.15, 0.2) is 0 Å². The summed E-state index contributed by atoms with van der Waals surface area (Å²) in [7, 11) is 0. The van der Waals surface area contributed by atoms with E-state index in [0.29, 0.717) is 35.3 Å². The average Bonchev–Trinajstić information content (AvgIpc) is 2.92. The number of likely N-dealkylation sites (tertiary alicyclic amines) is 1. The first-order chi connectivity index (χ1) is 18.7. The standard InChI is InChI=1S/C32H40N4O3/c1-22-10-14-33-20-27(22)21-36(28-8-6-5-7-9-28)29-12-16-35(17-13-29)25(4)11-15-34-31(37)30-23(2)18-26(32(38)39)19-24(30)3/h5-10,14,18-20,25,29H,11-13,15-17,21H2,1-4H3,(H,34,37)(H,38,39). The van der Waals surface area contributed by atoms with Crippen molar-refractivity contribution in [3.8, 4) is 0 Å². The predicted octanol–water partition coefficient (Wildman–Crippen LogP) is 5.38. The van der Waals surface area contributed by atoms with E-state index in [4.69, 9.17) is 0 Å². The topological polar surface area (TPSA) is 85.8 Å². The number of aromatic carboxylic acids is 1. The second kappa shape index (κ2) is 12.9. The zero-order valence-electron chi connectivity index (χ0n) is 23.5. The molecule has 4 rings (SSSR count). The van der Waals surface area contributed by atoms with Crippen molar-refractivity contribution in [2.45, 2.75) is 65.6 Å². The fourth-order valence-corrected chi connectivity index (χ4v) is 5.65. The molecular formula is C32H40N4O3. The van der Waals surface area contributed by atoms with Crippen LogP contribution in [0.3, 0.4) is 0 Å². The third kappa shape index (κ3) is 7.03. The van der Waals surface area contributed by atoms with Gasteiger partial charge in [0, 0.05) is 61.9 Å². The van der Waals surface area contributed by atoms with Crippen molar-refractivity contribution in [2.75, 3.05) is 24.5 Å². The van der Waals surface area contributed by atoms with Gasteiger partial charge in [-0.25, -0.2) is 4.79 Å². The monoisotopic (exact) mass is 528 g/mol. The van der Waals surface area contributed by atoms with Crippen LogP contribution in [0, 0.1) is 20.8 Å². The van der Waals surface area contributed by atoms with Crippen molar-refractivity contribution in [1.82, 2.24) is 15.2 Å². The average molecular weight is 529 g/mol. The van der Waals surface area contributed by atoms with E-state index < -0.39 is 5.97 Å². The van der Waals surface area contributed by atoms with Gasteiger partial charge in [-0.3, -0.25) is 9.78 Å². The Kier molecular flexibility index (Phi) is 9.36. The molecule has 2 heterocycles. The SMILES string of the molecule is Cc1ccncc1CN(c1ccccc1)C1CCN(C(C)CCNC(=O)c2c(C)cc(C(=O)O)cc2C)CC1. The molecule has 1 aliphatic rings. The molecule has 1 aromatic heterocycles. The lowest BCUT2D eigenvalue weighted by Gasteiger charge is -2.42. The third-order valence-electron chi connectivity index (χ3n) is 7.99. The number of anilines is 1. The van der Waals surface area contributed by atoms with E-state index in [-0.39, 0.29) is 11.5 Å². The van der Waals surface area contributed by atoms with E-state index in [9.17, 15) is 14.7 Å². The van der Waals surface area contributed by atoms with E-state index >= 15 is 0 Å². The number of aromatic nitrogens is 1. The van der Waals surface area contributed by atoms with Gasteiger partial charge >= 0.3 is 5.97 Å². The van der Waals surface area contributed by atoms with Crippen molar-refractivity contribution >= 4 is 17.6 Å². The van der Waals surface area contributed by atoms with Crippen molar-refractivity contribution in [1.29, 1.82) is 0 Å². The second-order valence-corrected chi connectivity index (χ2v) is 10.7. The highest BCUT2D eigenvalue weighted by atomic mass is 16.4. The Hall–Kier alpha value is -3.71. The summed E-state index contributed by atoms with van der Waals surface area (Å²) in [5.74, 6) is -1.12. The number of aryl methyl sites for hydroxylation is 3. The highest BCUT2D eigenvalue weighted by Crippen LogP contribution is 2.27. The molecule has 0 saturated carbocycles. The molecule has 3 aromatic rings. The van der Waals surface area contributed by atoms with Crippen LogP contribution < -0.4 is 10.2 Å². The fraction of sp³-hybridized carbons (Fsp3) is 0.406. The molecule has 0 radical (unpaired) electrons. The highest BCUT2D eigenvalue weighted by Gasteiger charge is 2.27. The zero-order chi connectivity index (χ0) is 27.9. The van der Waals surface area contributed by atoms with Crippen molar-refractivity contribution in [3.05, 3.63) is 94.3 Å². The summed E-state index contributed by atoms with van der Waals surface area (Å²) in [5, 5.41) is 12.3. The first kappa shape index (κ1) is 28.3. The van der Waals surface area contributed by atoms with Crippen LogP contribution in [0.4, 0.5) is 5.69 Å². The zero-order valence-corrected chi connectivity index (χ0v) is 23.5. The smallest absolute Gasteiger partial charge is 0.335 e. The van der Waals surface area contributed by atoms with Crippen molar-refractivity contribution < 1.29 is 14.7 Å². The molecule has 7 heteroatoms. The maximum atomic E-state index is 12.9. The molecule has 7 nitrogen and oxygen atoms in total. The molecule has 1 amide bonds. The summed E-state index contributed by atoms with van der Waals surface area (Å²) in [5.41, 5.74) is 5.92. The molecule has 1 saturated heterocycles. The lowest BCUT2D eigenvalue weighted by molar-refractivity contribution is 0.0696. The number of rotatable bonds is 10. The van der Waals surface area contributed by atoms with Gasteiger partial charge in [-0.05, 0) is 99.5 Å². The van der Waals surface area contributed by atoms with Crippen LogP contribution in [0.25, 0.3) is 0 Å². The Balaban J connectivity index is 1.31. The molecule has 2 aromatic carbocycles. The second-order valence-electron chi connectivity index (χ2n) is 10.7. The number of nitrogens with one attached hydrogen (secondary N) is 1. The number of carboxylic acid groups (broad SMARTS) is 1. The minimum absolute atomic E-state index is 0.142. The Labute approximate surface area is 231 Å². The maximum Gasteiger partial charge on any atom is 0.335 e. The fourth-order valence-electron chi connectivity index (χ4n) is 5.65. The summed E-state index contributed by atoms with van der Waals surface area (Å²) in [6.45, 7) is 11.4. The van der Waals surface area contributed by atoms with Crippen LogP contribution in [-0.2, 0) is 6.54 Å². The van der Waals surface area contributed by atoms with Crippen LogP contribution in [0.2, 0.25) is 0 Å². The van der Waals surface area contributed by atoms with Crippen LogP contribution in [0.15, 0.2) is 60.9 Å². The quantitative estimate of drug-likeness (QED) is 0.367. The first-order valence-corrected chi connectivity index (χ1v) is 13.8. The number of hydrogen-bond donors (Lipinski definition) is 2. The Morgan fingerprint density at radius 1 is 1.05 bits per heavy atom. The highest BCUT2D eigenvalue weighted by molar-refractivity contribution is 5.98. The predicted molar refractivity (Wildman–Crippen MR) is 155 cm³/mol. The number of carbonyl (C=O) groups excluding carboxylic acids is 1. The Bertz CT molecular complexity index is 1260. The van der Waals surface area contributed by atoms with Crippen LogP contribution >= 0.6 is 0 Å². The van der Waals surface area contributed by atoms with Crippen molar-refractivity contribution in [2.24, 2.45) is 0 Å². The first-order valence-electron chi connectivity index (χ1n) is 13.8. The molecular weight excluding hydrogens is 488 g/mol. The van der Waals surface area contributed by atoms with Crippen LogP contribution in [0.5, 0.6) is 0 Å². The lowest BCUT2D eigenvalue weighted by atomic mass is 9.98. The van der Waals surface area contributed by atoms with E-state index in [1.807, 2.05) is 12.4 Å². The molecule has 0 aliphatic carbocycles. The molecule has 1 atom stereocenters. The minimum atomic E-state index is -0.982. The molecule has 39 heavy (non-hydrogen) atoms. The number of amides is 1. The molecule has 206 valence electrons. The number of carboxylic acids is 1. The summed E-state index contributed by atoms with van der Waals surface area (Å²) >= 11 is 0.